The van der Waals surface area contributed by atoms with E-state index in [4.69, 9.17) is 10.00 Å². The maximum absolute atomic E-state index is 12.6. The van der Waals surface area contributed by atoms with Crippen LogP contribution in [-0.4, -0.2) is 37.6 Å². The van der Waals surface area contributed by atoms with Gasteiger partial charge in [0.05, 0.1) is 23.8 Å². The van der Waals surface area contributed by atoms with Crippen molar-refractivity contribution in [1.82, 2.24) is 4.90 Å². The van der Waals surface area contributed by atoms with Crippen LogP contribution in [0.1, 0.15) is 28.8 Å². The Bertz CT molecular complexity index is 537. The van der Waals surface area contributed by atoms with Crippen molar-refractivity contribution in [3.05, 3.63) is 33.8 Å². The van der Waals surface area contributed by atoms with Gasteiger partial charge in [-0.3, -0.25) is 4.79 Å². The summed E-state index contributed by atoms with van der Waals surface area (Å²) in [5, 5.41) is 9.16. The summed E-state index contributed by atoms with van der Waals surface area (Å²) in [6.45, 7) is 2.13. The number of nitrogens with zero attached hydrogens (tertiary/aromatic N) is 2. The van der Waals surface area contributed by atoms with Crippen molar-refractivity contribution < 1.29 is 9.53 Å². The fraction of sp³-hybridized carbons (Fsp3) is 0.467. The highest BCUT2D eigenvalue weighted by molar-refractivity contribution is 9.10. The minimum atomic E-state index is -0.0603. The average molecular weight is 337 g/mol. The number of piperidine rings is 1. The van der Waals surface area contributed by atoms with Gasteiger partial charge in [-0.1, -0.05) is 15.9 Å². The van der Waals surface area contributed by atoms with Gasteiger partial charge in [0.15, 0.2) is 0 Å². The third kappa shape index (κ3) is 3.38. The van der Waals surface area contributed by atoms with E-state index in [0.717, 1.165) is 23.9 Å². The minimum Gasteiger partial charge on any atom is -0.384 e. The predicted octanol–water partition coefficient (Wildman–Crippen LogP) is 2.82. The zero-order chi connectivity index (χ0) is 14.5. The molecule has 4 nitrogen and oxygen atoms in total. The van der Waals surface area contributed by atoms with Crippen molar-refractivity contribution in [3.8, 4) is 6.07 Å². The van der Waals surface area contributed by atoms with Gasteiger partial charge in [-0.2, -0.15) is 5.26 Å². The molecule has 20 heavy (non-hydrogen) atoms. The van der Waals surface area contributed by atoms with E-state index in [-0.39, 0.29) is 5.91 Å². The van der Waals surface area contributed by atoms with Gasteiger partial charge in [0, 0.05) is 24.7 Å². The van der Waals surface area contributed by atoms with E-state index in [0.29, 0.717) is 30.2 Å². The number of carbonyl (C=O) groups is 1. The normalized spacial score (nSPS) is 18.6. The van der Waals surface area contributed by atoms with E-state index in [9.17, 15) is 4.79 Å². The number of halogens is 1. The maximum Gasteiger partial charge on any atom is 0.255 e. The molecule has 1 atom stereocenters. The van der Waals surface area contributed by atoms with E-state index in [2.05, 4.69) is 22.0 Å². The Labute approximate surface area is 127 Å². The van der Waals surface area contributed by atoms with Gasteiger partial charge in [-0.05, 0) is 37.0 Å². The predicted molar refractivity (Wildman–Crippen MR) is 79.4 cm³/mol. The minimum absolute atomic E-state index is 0.0603. The number of carbonyl (C=O) groups excluding carboxylic acids is 1. The molecule has 1 aliphatic rings. The Kier molecular flexibility index (Phi) is 5.16. The highest BCUT2D eigenvalue weighted by Crippen LogP contribution is 2.22. The number of hydrogen-bond acceptors (Lipinski definition) is 3. The molecule has 5 heteroatoms. The van der Waals surface area contributed by atoms with Crippen molar-refractivity contribution in [1.29, 1.82) is 5.26 Å². The summed E-state index contributed by atoms with van der Waals surface area (Å²) in [5.74, 6) is 0.327. The summed E-state index contributed by atoms with van der Waals surface area (Å²) in [4.78, 5) is 14.4. The fourth-order valence-electron chi connectivity index (χ4n) is 2.59. The van der Waals surface area contributed by atoms with Crippen LogP contribution in [-0.2, 0) is 4.74 Å². The number of likely N-dealkylation sites (tertiary alicyclic amines) is 1. The Hall–Kier alpha value is -1.38. The quantitative estimate of drug-likeness (QED) is 0.852. The van der Waals surface area contributed by atoms with Gasteiger partial charge in [-0.15, -0.1) is 0 Å². The summed E-state index contributed by atoms with van der Waals surface area (Å²) in [6.07, 6.45) is 2.07. The standard InChI is InChI=1S/C15H17BrN2O2/c1-20-10-11-3-2-6-18(9-11)15(19)14-5-4-13(16)7-12(14)8-17/h4-5,7,11H,2-3,6,9-10H2,1H3/t11-/m0/s1. The Morgan fingerprint density at radius 3 is 3.10 bits per heavy atom. The molecule has 1 fully saturated rings. The van der Waals surface area contributed by atoms with Gasteiger partial charge >= 0.3 is 0 Å². The topological polar surface area (TPSA) is 53.3 Å². The molecule has 1 saturated heterocycles. The zero-order valence-electron chi connectivity index (χ0n) is 11.4. The summed E-state index contributed by atoms with van der Waals surface area (Å²) in [7, 11) is 1.68. The second kappa shape index (κ2) is 6.87. The van der Waals surface area contributed by atoms with Gasteiger partial charge in [0.1, 0.15) is 0 Å². The van der Waals surface area contributed by atoms with Gasteiger partial charge in [0.25, 0.3) is 5.91 Å². The average Bonchev–Trinajstić information content (AvgIpc) is 2.47. The fourth-order valence-corrected chi connectivity index (χ4v) is 2.95. The first-order valence-corrected chi connectivity index (χ1v) is 7.43. The molecule has 0 spiro atoms. The smallest absolute Gasteiger partial charge is 0.255 e. The Balaban J connectivity index is 2.17. The summed E-state index contributed by atoms with van der Waals surface area (Å²) in [6, 6.07) is 7.28. The van der Waals surface area contributed by atoms with E-state index >= 15 is 0 Å². The van der Waals surface area contributed by atoms with E-state index in [1.807, 2.05) is 4.90 Å². The number of benzene rings is 1. The van der Waals surface area contributed by atoms with Crippen LogP contribution in [0.25, 0.3) is 0 Å². The number of methoxy groups -OCH3 is 1. The van der Waals surface area contributed by atoms with Crippen LogP contribution in [0.5, 0.6) is 0 Å². The molecule has 1 heterocycles. The Morgan fingerprint density at radius 2 is 2.40 bits per heavy atom. The van der Waals surface area contributed by atoms with Crippen molar-refractivity contribution in [2.45, 2.75) is 12.8 Å². The van der Waals surface area contributed by atoms with Gasteiger partial charge in [0.2, 0.25) is 0 Å². The number of amides is 1. The molecule has 0 radical (unpaired) electrons. The molecule has 1 aromatic carbocycles. The summed E-state index contributed by atoms with van der Waals surface area (Å²) < 4.78 is 5.99. The summed E-state index contributed by atoms with van der Waals surface area (Å²) >= 11 is 3.32. The zero-order valence-corrected chi connectivity index (χ0v) is 13.0. The van der Waals surface area contributed by atoms with Crippen LogP contribution < -0.4 is 0 Å². The largest absolute Gasteiger partial charge is 0.384 e. The Morgan fingerprint density at radius 1 is 1.60 bits per heavy atom. The molecule has 0 aliphatic carbocycles. The van der Waals surface area contributed by atoms with Crippen LogP contribution in [0.4, 0.5) is 0 Å². The van der Waals surface area contributed by atoms with Crippen molar-refractivity contribution >= 4 is 21.8 Å². The molecule has 0 bridgehead atoms. The van der Waals surface area contributed by atoms with Gasteiger partial charge < -0.3 is 9.64 Å². The molecule has 1 aromatic rings. The summed E-state index contributed by atoms with van der Waals surface area (Å²) in [5.41, 5.74) is 0.895. The molecular formula is C15H17BrN2O2. The highest BCUT2D eigenvalue weighted by atomic mass is 79.9. The van der Waals surface area contributed by atoms with Gasteiger partial charge in [-0.25, -0.2) is 0 Å². The van der Waals surface area contributed by atoms with Crippen LogP contribution in [0, 0.1) is 17.2 Å². The number of rotatable bonds is 3. The second-order valence-corrected chi connectivity index (χ2v) is 5.93. The molecule has 1 aliphatic heterocycles. The maximum atomic E-state index is 12.6. The lowest BCUT2D eigenvalue weighted by atomic mass is 9.97. The van der Waals surface area contributed by atoms with E-state index in [1.54, 1.807) is 25.3 Å². The highest BCUT2D eigenvalue weighted by Gasteiger charge is 2.25. The molecule has 0 aromatic heterocycles. The molecule has 0 N–H and O–H groups in total. The second-order valence-electron chi connectivity index (χ2n) is 5.02. The van der Waals surface area contributed by atoms with Crippen molar-refractivity contribution in [2.75, 3.05) is 26.8 Å². The molecule has 2 rings (SSSR count). The van der Waals surface area contributed by atoms with E-state index < -0.39 is 0 Å². The lowest BCUT2D eigenvalue weighted by molar-refractivity contribution is 0.0570. The van der Waals surface area contributed by atoms with Crippen molar-refractivity contribution in [2.24, 2.45) is 5.92 Å². The molecule has 1 amide bonds. The lowest BCUT2D eigenvalue weighted by Crippen LogP contribution is -2.41. The monoisotopic (exact) mass is 336 g/mol. The third-order valence-electron chi connectivity index (χ3n) is 3.54. The van der Waals surface area contributed by atoms with Crippen LogP contribution in [0.15, 0.2) is 22.7 Å². The number of ether oxygens (including phenoxy) is 1. The van der Waals surface area contributed by atoms with Crippen LogP contribution >= 0.6 is 15.9 Å². The van der Waals surface area contributed by atoms with Crippen molar-refractivity contribution in [3.63, 3.8) is 0 Å². The first-order valence-electron chi connectivity index (χ1n) is 6.63. The molecular weight excluding hydrogens is 320 g/mol. The molecule has 106 valence electrons. The SMILES string of the molecule is COC[C@H]1CCCN(C(=O)c2ccc(Br)cc2C#N)C1. The lowest BCUT2D eigenvalue weighted by Gasteiger charge is -2.32. The third-order valence-corrected chi connectivity index (χ3v) is 4.03. The number of nitriles is 1. The molecule has 0 saturated carbocycles. The first-order chi connectivity index (χ1) is 9.65. The van der Waals surface area contributed by atoms with Crippen LogP contribution in [0.2, 0.25) is 0 Å². The molecule has 0 unspecified atom stereocenters. The van der Waals surface area contributed by atoms with Crippen LogP contribution in [0.3, 0.4) is 0 Å². The van der Waals surface area contributed by atoms with E-state index in [1.165, 1.54) is 0 Å². The number of hydrogen-bond donors (Lipinski definition) is 0. The first kappa shape index (κ1) is 15.0.